The fourth-order valence-corrected chi connectivity index (χ4v) is 8.17. The molecule has 3 aliphatic carbocycles. The molecule has 0 spiro atoms. The summed E-state index contributed by atoms with van der Waals surface area (Å²) in [5, 5.41) is 8.75. The van der Waals surface area contributed by atoms with Gasteiger partial charge in [-0.1, -0.05) is 34.4 Å². The van der Waals surface area contributed by atoms with Gasteiger partial charge in [0.05, 0.1) is 33.8 Å². The van der Waals surface area contributed by atoms with Crippen molar-refractivity contribution >= 4 is 55.6 Å². The first-order valence-corrected chi connectivity index (χ1v) is 13.4. The van der Waals surface area contributed by atoms with Gasteiger partial charge in [0.1, 0.15) is 16.1 Å². The van der Waals surface area contributed by atoms with Gasteiger partial charge in [-0.3, -0.25) is 0 Å². The van der Waals surface area contributed by atoms with Gasteiger partial charge in [0.25, 0.3) is 0 Å². The fourth-order valence-electron chi connectivity index (χ4n) is 6.16. The third kappa shape index (κ3) is 2.72. The molecule has 9 heteroatoms. The van der Waals surface area contributed by atoms with Crippen molar-refractivity contribution in [2.45, 2.75) is 68.2 Å². The fraction of sp³-hybridized carbons (Fsp3) is 0.478. The van der Waals surface area contributed by atoms with E-state index in [-0.39, 0.29) is 17.2 Å². The standard InChI is InChI=1S/C23H20BrCl2N3O2S/c24-17-11-32-21(27-17)29-22-6-7-23(22,29)9-13(8-22)30-10-14-19(28-31-20(14)12-4-5-12)18-15(25)2-1-3-16(18)26/h1-3,11-13H,4-10H2/t13-,22-,23?,29?/m0/s1. The second-order valence-electron chi connectivity index (χ2n) is 9.44. The van der Waals surface area contributed by atoms with Crippen molar-refractivity contribution in [1.82, 2.24) is 10.1 Å². The van der Waals surface area contributed by atoms with E-state index in [9.17, 15) is 0 Å². The maximum absolute atomic E-state index is 6.53. The van der Waals surface area contributed by atoms with Gasteiger partial charge in [0.15, 0.2) is 5.13 Å². The average Bonchev–Trinajstić information content (AvgIpc) is 3.47. The highest BCUT2D eigenvalue weighted by Crippen LogP contribution is 2.75. The summed E-state index contributed by atoms with van der Waals surface area (Å²) in [5.74, 6) is 1.37. The van der Waals surface area contributed by atoms with Crippen molar-refractivity contribution in [1.29, 1.82) is 0 Å². The van der Waals surface area contributed by atoms with Crippen LogP contribution in [0, 0.1) is 0 Å². The Morgan fingerprint density at radius 3 is 2.50 bits per heavy atom. The largest absolute Gasteiger partial charge is 0.373 e. The van der Waals surface area contributed by atoms with Gasteiger partial charge < -0.3 is 14.2 Å². The molecule has 0 amide bonds. The van der Waals surface area contributed by atoms with Crippen molar-refractivity contribution in [2.75, 3.05) is 4.90 Å². The Hall–Kier alpha value is -1.12. The lowest BCUT2D eigenvalue weighted by Gasteiger charge is -2.22. The first kappa shape index (κ1) is 20.3. The highest BCUT2D eigenvalue weighted by Gasteiger charge is 2.85. The van der Waals surface area contributed by atoms with Crippen LogP contribution in [0.2, 0.25) is 10.0 Å². The van der Waals surface area contributed by atoms with Crippen LogP contribution in [-0.2, 0) is 11.3 Å². The molecule has 166 valence electrons. The number of ether oxygens (including phenoxy) is 1. The molecule has 4 aliphatic rings. The van der Waals surface area contributed by atoms with Crippen LogP contribution in [0.1, 0.15) is 55.8 Å². The van der Waals surface area contributed by atoms with Crippen LogP contribution in [-0.4, -0.2) is 27.3 Å². The molecule has 3 heterocycles. The molecule has 4 fully saturated rings. The second kappa shape index (κ2) is 6.95. The lowest BCUT2D eigenvalue weighted by atomic mass is 9.77. The molecule has 1 unspecified atom stereocenters. The van der Waals surface area contributed by atoms with Crippen molar-refractivity contribution in [3.63, 3.8) is 0 Å². The Morgan fingerprint density at radius 2 is 1.91 bits per heavy atom. The van der Waals surface area contributed by atoms with Crippen LogP contribution in [0.3, 0.4) is 0 Å². The number of nitrogens with zero attached hydrogens (tertiary/aromatic N) is 3. The van der Waals surface area contributed by atoms with E-state index in [0.717, 1.165) is 58.0 Å². The van der Waals surface area contributed by atoms with E-state index in [2.05, 4.69) is 36.4 Å². The zero-order chi connectivity index (χ0) is 21.7. The number of thiazole rings is 1. The minimum absolute atomic E-state index is 0.230. The van der Waals surface area contributed by atoms with Gasteiger partial charge in [0.2, 0.25) is 0 Å². The number of rotatable bonds is 6. The molecule has 3 saturated carbocycles. The molecule has 0 radical (unpaired) electrons. The number of halogens is 3. The van der Waals surface area contributed by atoms with Crippen LogP contribution in [0.5, 0.6) is 0 Å². The maximum atomic E-state index is 6.53. The van der Waals surface area contributed by atoms with Crippen molar-refractivity contribution in [3.8, 4) is 11.3 Å². The van der Waals surface area contributed by atoms with Crippen molar-refractivity contribution in [3.05, 3.63) is 49.6 Å². The van der Waals surface area contributed by atoms with Gasteiger partial charge >= 0.3 is 0 Å². The number of piperidine rings is 1. The topological polar surface area (TPSA) is 51.2 Å². The molecule has 0 N–H and O–H groups in total. The van der Waals surface area contributed by atoms with Crippen LogP contribution in [0.4, 0.5) is 5.13 Å². The van der Waals surface area contributed by atoms with E-state index < -0.39 is 0 Å². The van der Waals surface area contributed by atoms with Crippen LogP contribution < -0.4 is 4.90 Å². The van der Waals surface area contributed by atoms with Crippen LogP contribution in [0.15, 0.2) is 32.7 Å². The molecule has 3 atom stereocenters. The molecule has 1 aromatic carbocycles. The number of benzene rings is 1. The summed E-state index contributed by atoms with van der Waals surface area (Å²) >= 11 is 18.2. The smallest absolute Gasteiger partial charge is 0.187 e. The number of anilines is 1. The molecule has 2 aromatic heterocycles. The lowest BCUT2D eigenvalue weighted by Crippen LogP contribution is -2.30. The van der Waals surface area contributed by atoms with E-state index in [1.807, 2.05) is 18.2 Å². The summed E-state index contributed by atoms with van der Waals surface area (Å²) in [5.41, 5.74) is 2.96. The van der Waals surface area contributed by atoms with E-state index in [4.69, 9.17) is 32.5 Å². The Bertz CT molecular complexity index is 1200. The maximum Gasteiger partial charge on any atom is 0.187 e. The summed E-state index contributed by atoms with van der Waals surface area (Å²) in [4.78, 5) is 7.23. The molecule has 5 nitrogen and oxygen atoms in total. The Morgan fingerprint density at radius 1 is 1.19 bits per heavy atom. The minimum atomic E-state index is 0.230. The second-order valence-corrected chi connectivity index (χ2v) is 11.9. The SMILES string of the molecule is Clc1cccc(Cl)c1-c1noc(C2CC2)c1CO[C@@H]1CC23CC[C@@]2(C1)N3c1nc(Br)cs1. The monoisotopic (exact) mass is 551 g/mol. The molecule has 7 rings (SSSR count). The summed E-state index contributed by atoms with van der Waals surface area (Å²) in [6, 6.07) is 5.52. The normalized spacial score (nSPS) is 30.2. The molecule has 3 aromatic rings. The Balaban J connectivity index is 1.13. The van der Waals surface area contributed by atoms with Crippen LogP contribution in [0.25, 0.3) is 11.3 Å². The van der Waals surface area contributed by atoms with E-state index in [0.29, 0.717) is 22.6 Å². The van der Waals surface area contributed by atoms with Gasteiger partial charge in [0, 0.05) is 22.4 Å². The molecular weight excluding hydrogens is 533 g/mol. The predicted octanol–water partition coefficient (Wildman–Crippen LogP) is 7.22. The number of hydrogen-bond donors (Lipinski definition) is 0. The predicted molar refractivity (Wildman–Crippen MR) is 129 cm³/mol. The zero-order valence-electron chi connectivity index (χ0n) is 17.1. The van der Waals surface area contributed by atoms with E-state index >= 15 is 0 Å². The quantitative estimate of drug-likeness (QED) is 0.302. The molecular formula is C23H20BrCl2N3O2S. The highest BCUT2D eigenvalue weighted by atomic mass is 79.9. The Kier molecular flexibility index (Phi) is 4.40. The van der Waals surface area contributed by atoms with Crippen molar-refractivity contribution < 1.29 is 9.26 Å². The third-order valence-corrected chi connectivity index (χ3v) is 10.0. The van der Waals surface area contributed by atoms with Gasteiger partial charge in [-0.05, 0) is 66.6 Å². The van der Waals surface area contributed by atoms with Gasteiger partial charge in [-0.15, -0.1) is 11.3 Å². The summed E-state index contributed by atoms with van der Waals surface area (Å²) in [6.45, 7) is 0.478. The highest BCUT2D eigenvalue weighted by molar-refractivity contribution is 9.10. The summed E-state index contributed by atoms with van der Waals surface area (Å²) in [7, 11) is 0. The minimum Gasteiger partial charge on any atom is -0.373 e. The Labute approximate surface area is 208 Å². The van der Waals surface area contributed by atoms with Gasteiger partial charge in [-0.2, -0.15) is 0 Å². The molecule has 1 aliphatic heterocycles. The lowest BCUT2D eigenvalue weighted by molar-refractivity contribution is 0.0373. The summed E-state index contributed by atoms with van der Waals surface area (Å²) < 4.78 is 13.2. The summed E-state index contributed by atoms with van der Waals surface area (Å²) in [6.07, 6.45) is 7.05. The average molecular weight is 553 g/mol. The molecule has 32 heavy (non-hydrogen) atoms. The molecule has 1 saturated heterocycles. The first-order chi connectivity index (χ1) is 15.5. The van der Waals surface area contributed by atoms with E-state index in [1.165, 1.54) is 12.8 Å². The number of hydrogen-bond acceptors (Lipinski definition) is 6. The first-order valence-electron chi connectivity index (χ1n) is 11.0. The van der Waals surface area contributed by atoms with Crippen LogP contribution >= 0.6 is 50.5 Å². The van der Waals surface area contributed by atoms with Crippen molar-refractivity contribution in [2.24, 2.45) is 0 Å². The number of aromatic nitrogens is 2. The third-order valence-electron chi connectivity index (χ3n) is 7.84. The van der Waals surface area contributed by atoms with Gasteiger partial charge in [-0.25, -0.2) is 4.98 Å². The zero-order valence-corrected chi connectivity index (χ0v) is 21.0. The van der Waals surface area contributed by atoms with E-state index in [1.54, 1.807) is 11.3 Å². The molecule has 0 bridgehead atoms.